The summed E-state index contributed by atoms with van der Waals surface area (Å²) < 4.78 is 0. The van der Waals surface area contributed by atoms with Crippen LogP contribution in [0.5, 0.6) is 5.75 Å². The average molecular weight is 356 g/mol. The van der Waals surface area contributed by atoms with Gasteiger partial charge in [0.15, 0.2) is 0 Å². The van der Waals surface area contributed by atoms with Crippen molar-refractivity contribution in [2.24, 2.45) is 0 Å². The third-order valence-electron chi connectivity index (χ3n) is 3.58. The summed E-state index contributed by atoms with van der Waals surface area (Å²) in [4.78, 5) is 36.4. The predicted octanol–water partition coefficient (Wildman–Crippen LogP) is 3.54. The van der Waals surface area contributed by atoms with Crippen molar-refractivity contribution in [3.05, 3.63) is 74.7 Å². The zero-order valence-electron chi connectivity index (χ0n) is 12.8. The number of nitro groups is 1. The van der Waals surface area contributed by atoms with Crippen molar-refractivity contribution >= 4 is 34.7 Å². The van der Waals surface area contributed by atoms with Gasteiger partial charge in [0.1, 0.15) is 5.75 Å². The number of nitrogens with zero attached hydrogens (tertiary/aromatic N) is 2. The monoisotopic (exact) mass is 356 g/mol. The first kappa shape index (κ1) is 16.7. The average Bonchev–Trinajstić information content (AvgIpc) is 2.85. The summed E-state index contributed by atoms with van der Waals surface area (Å²) in [5.41, 5.74) is 0.818. The van der Waals surface area contributed by atoms with Crippen LogP contribution in [0.1, 0.15) is 11.1 Å². The second-order valence-electron chi connectivity index (χ2n) is 5.25. The van der Waals surface area contributed by atoms with Gasteiger partial charge in [0.25, 0.3) is 16.8 Å². The largest absolute Gasteiger partial charge is 0.508 e. The summed E-state index contributed by atoms with van der Waals surface area (Å²) in [5.74, 6) is -0.400. The van der Waals surface area contributed by atoms with E-state index in [2.05, 4.69) is 0 Å². The van der Waals surface area contributed by atoms with Gasteiger partial charge in [-0.15, -0.1) is 0 Å². The van der Waals surface area contributed by atoms with E-state index in [9.17, 15) is 24.8 Å². The van der Waals surface area contributed by atoms with E-state index in [1.54, 1.807) is 24.3 Å². The van der Waals surface area contributed by atoms with Crippen molar-refractivity contribution < 1.29 is 19.6 Å². The van der Waals surface area contributed by atoms with Crippen molar-refractivity contribution in [3.8, 4) is 5.75 Å². The standard InChI is InChI=1S/C17H12N2O5S/c20-13-7-5-11(6-8-13)9-15-16(21)18(17(22)25-15)10-12-3-1-2-4-14(12)19(23)24/h1-9,20H,10H2. The van der Waals surface area contributed by atoms with E-state index >= 15 is 0 Å². The Morgan fingerprint density at radius 1 is 1.12 bits per heavy atom. The lowest BCUT2D eigenvalue weighted by atomic mass is 10.1. The Morgan fingerprint density at radius 2 is 1.80 bits per heavy atom. The second-order valence-corrected chi connectivity index (χ2v) is 6.24. The van der Waals surface area contributed by atoms with Crippen molar-refractivity contribution in [3.63, 3.8) is 0 Å². The van der Waals surface area contributed by atoms with Gasteiger partial charge in [-0.05, 0) is 35.5 Å². The minimum absolute atomic E-state index is 0.0987. The quantitative estimate of drug-likeness (QED) is 0.511. The van der Waals surface area contributed by atoms with E-state index < -0.39 is 16.1 Å². The van der Waals surface area contributed by atoms with Gasteiger partial charge < -0.3 is 5.11 Å². The third kappa shape index (κ3) is 3.53. The highest BCUT2D eigenvalue weighted by Gasteiger charge is 2.36. The van der Waals surface area contributed by atoms with Gasteiger partial charge in [-0.25, -0.2) is 0 Å². The molecule has 1 fully saturated rings. The lowest BCUT2D eigenvalue weighted by molar-refractivity contribution is -0.385. The molecule has 1 N–H and O–H groups in total. The molecular formula is C17H12N2O5S. The number of phenols is 1. The summed E-state index contributed by atoms with van der Waals surface area (Å²) in [6.07, 6.45) is 1.55. The fourth-order valence-electron chi connectivity index (χ4n) is 2.35. The third-order valence-corrected chi connectivity index (χ3v) is 4.49. The molecule has 8 heteroatoms. The lowest BCUT2D eigenvalue weighted by Crippen LogP contribution is -2.27. The fraction of sp³-hybridized carbons (Fsp3) is 0.0588. The van der Waals surface area contributed by atoms with Crippen LogP contribution in [0.3, 0.4) is 0 Å². The predicted molar refractivity (Wildman–Crippen MR) is 92.7 cm³/mol. The van der Waals surface area contributed by atoms with Gasteiger partial charge in [0.2, 0.25) is 0 Å². The number of benzene rings is 2. The number of thioether (sulfide) groups is 1. The van der Waals surface area contributed by atoms with Crippen LogP contribution in [0.4, 0.5) is 10.5 Å². The first-order valence-electron chi connectivity index (χ1n) is 7.22. The molecule has 0 spiro atoms. The Labute approximate surface area is 146 Å². The number of hydrogen-bond acceptors (Lipinski definition) is 6. The maximum Gasteiger partial charge on any atom is 0.293 e. The molecule has 1 aliphatic heterocycles. The number of carbonyl (C=O) groups is 2. The maximum atomic E-state index is 12.5. The lowest BCUT2D eigenvalue weighted by Gasteiger charge is -2.12. The molecule has 2 aromatic rings. The second kappa shape index (κ2) is 6.78. The maximum absolute atomic E-state index is 12.5. The Kier molecular flexibility index (Phi) is 4.53. The molecule has 3 rings (SSSR count). The van der Waals surface area contributed by atoms with Crippen molar-refractivity contribution in [2.45, 2.75) is 6.54 Å². The number of amides is 2. The van der Waals surface area contributed by atoms with Gasteiger partial charge in [0, 0.05) is 11.6 Å². The number of aromatic hydroxyl groups is 1. The smallest absolute Gasteiger partial charge is 0.293 e. The summed E-state index contributed by atoms with van der Waals surface area (Å²) in [6.45, 7) is -0.158. The Bertz CT molecular complexity index is 892. The van der Waals surface area contributed by atoms with Gasteiger partial charge in [-0.2, -0.15) is 0 Å². The van der Waals surface area contributed by atoms with E-state index in [1.165, 1.54) is 30.3 Å². The molecule has 1 heterocycles. The molecule has 0 bridgehead atoms. The van der Waals surface area contributed by atoms with E-state index in [-0.39, 0.29) is 22.9 Å². The van der Waals surface area contributed by atoms with Gasteiger partial charge in [-0.3, -0.25) is 24.6 Å². The summed E-state index contributed by atoms with van der Waals surface area (Å²) >= 11 is 0.781. The number of imide groups is 1. The minimum Gasteiger partial charge on any atom is -0.508 e. The fourth-order valence-corrected chi connectivity index (χ4v) is 3.19. The van der Waals surface area contributed by atoms with Crippen LogP contribution in [0.2, 0.25) is 0 Å². The van der Waals surface area contributed by atoms with Crippen LogP contribution in [-0.4, -0.2) is 26.1 Å². The highest BCUT2D eigenvalue weighted by atomic mass is 32.2. The molecule has 1 saturated heterocycles. The van der Waals surface area contributed by atoms with Crippen LogP contribution < -0.4 is 0 Å². The summed E-state index contributed by atoms with van der Waals surface area (Å²) in [5, 5.41) is 19.9. The SMILES string of the molecule is O=C1SC(=Cc2ccc(O)cc2)C(=O)N1Cc1ccccc1[N+](=O)[O-]. The molecule has 0 unspecified atom stereocenters. The highest BCUT2D eigenvalue weighted by molar-refractivity contribution is 8.18. The number of rotatable bonds is 4. The van der Waals surface area contributed by atoms with Crippen LogP contribution in [0.25, 0.3) is 6.08 Å². The van der Waals surface area contributed by atoms with Crippen LogP contribution in [-0.2, 0) is 11.3 Å². The minimum atomic E-state index is -0.541. The molecule has 1 aliphatic rings. The normalized spacial score (nSPS) is 15.8. The molecule has 126 valence electrons. The van der Waals surface area contributed by atoms with Crippen molar-refractivity contribution in [1.82, 2.24) is 4.90 Å². The number of carbonyl (C=O) groups excluding carboxylic acids is 2. The van der Waals surface area contributed by atoms with Crippen LogP contribution in [0, 0.1) is 10.1 Å². The Hall–Kier alpha value is -3.13. The van der Waals surface area contributed by atoms with Gasteiger partial charge >= 0.3 is 0 Å². The number of nitro benzene ring substituents is 1. The number of para-hydroxylation sites is 1. The summed E-state index contributed by atoms with van der Waals surface area (Å²) in [7, 11) is 0. The molecule has 0 radical (unpaired) electrons. The van der Waals surface area contributed by atoms with Crippen LogP contribution in [0.15, 0.2) is 53.4 Å². The first-order chi connectivity index (χ1) is 12.0. The number of hydrogen-bond donors (Lipinski definition) is 1. The molecule has 0 atom stereocenters. The molecule has 25 heavy (non-hydrogen) atoms. The molecule has 0 aromatic heterocycles. The van der Waals surface area contributed by atoms with Crippen molar-refractivity contribution in [1.29, 1.82) is 0 Å². The van der Waals surface area contributed by atoms with Gasteiger partial charge in [-0.1, -0.05) is 30.3 Å². The molecule has 0 saturated carbocycles. The van der Waals surface area contributed by atoms with Gasteiger partial charge in [0.05, 0.1) is 16.4 Å². The van der Waals surface area contributed by atoms with E-state index in [0.29, 0.717) is 11.1 Å². The Balaban J connectivity index is 1.85. The topological polar surface area (TPSA) is 101 Å². The van der Waals surface area contributed by atoms with E-state index in [4.69, 9.17) is 0 Å². The zero-order chi connectivity index (χ0) is 18.0. The molecule has 0 aliphatic carbocycles. The van der Waals surface area contributed by atoms with Crippen LogP contribution >= 0.6 is 11.8 Å². The molecule has 2 aromatic carbocycles. The first-order valence-corrected chi connectivity index (χ1v) is 8.04. The number of phenolic OH excluding ortho intramolecular Hbond substituents is 1. The van der Waals surface area contributed by atoms with E-state index in [1.807, 2.05) is 0 Å². The molecular weight excluding hydrogens is 344 g/mol. The Morgan fingerprint density at radius 3 is 2.48 bits per heavy atom. The molecule has 7 nitrogen and oxygen atoms in total. The summed E-state index contributed by atoms with van der Waals surface area (Å²) in [6, 6.07) is 12.2. The van der Waals surface area contributed by atoms with E-state index in [0.717, 1.165) is 16.7 Å². The molecule has 2 amide bonds. The van der Waals surface area contributed by atoms with Crippen molar-refractivity contribution in [2.75, 3.05) is 0 Å². The highest BCUT2D eigenvalue weighted by Crippen LogP contribution is 2.34. The zero-order valence-corrected chi connectivity index (χ0v) is 13.6.